The number of ether oxygens (including phenoxy) is 1. The summed E-state index contributed by atoms with van der Waals surface area (Å²) in [6, 6.07) is 1.40. The highest BCUT2D eigenvalue weighted by atomic mass is 19.1. The number of methoxy groups -OCH3 is 1. The number of benzene rings is 1. The third-order valence-corrected chi connectivity index (χ3v) is 2.52. The molecule has 1 atom stereocenters. The maximum absolute atomic E-state index is 13.5. The highest BCUT2D eigenvalue weighted by Crippen LogP contribution is 2.20. The predicted molar refractivity (Wildman–Crippen MR) is 64.5 cm³/mol. The van der Waals surface area contributed by atoms with Crippen LogP contribution < -0.4 is 11.1 Å². The Hall–Kier alpha value is -2.02. The van der Waals surface area contributed by atoms with Gasteiger partial charge in [0.25, 0.3) is 0 Å². The van der Waals surface area contributed by atoms with E-state index in [1.54, 1.807) is 6.92 Å². The summed E-state index contributed by atoms with van der Waals surface area (Å²) in [6.45, 7) is 1.64. The van der Waals surface area contributed by atoms with Gasteiger partial charge in [0.05, 0.1) is 18.4 Å². The summed E-state index contributed by atoms with van der Waals surface area (Å²) in [5, 5.41) is 2.24. The van der Waals surface area contributed by atoms with Crippen LogP contribution in [0.5, 0.6) is 0 Å². The number of esters is 1. The van der Waals surface area contributed by atoms with Gasteiger partial charge in [-0.25, -0.2) is 13.6 Å². The lowest BCUT2D eigenvalue weighted by Crippen LogP contribution is -2.27. The molecule has 7 heteroatoms. The molecule has 0 fully saturated rings. The van der Waals surface area contributed by atoms with Crippen molar-refractivity contribution in [1.29, 1.82) is 0 Å². The highest BCUT2D eigenvalue weighted by Gasteiger charge is 2.19. The van der Waals surface area contributed by atoms with Gasteiger partial charge in [-0.2, -0.15) is 0 Å². The molecule has 0 aliphatic rings. The Bertz CT molecular complexity index is 506. The van der Waals surface area contributed by atoms with E-state index in [0.717, 1.165) is 13.2 Å². The SMILES string of the molecule is COC(=O)c1cc(NC(=O)C(C)CN)c(F)cc1F. The zero-order valence-corrected chi connectivity index (χ0v) is 10.5. The molecule has 0 aliphatic carbocycles. The summed E-state index contributed by atoms with van der Waals surface area (Å²) in [4.78, 5) is 22.8. The van der Waals surface area contributed by atoms with Crippen molar-refractivity contribution in [2.75, 3.05) is 19.0 Å². The van der Waals surface area contributed by atoms with E-state index in [1.807, 2.05) is 0 Å². The Balaban J connectivity index is 3.08. The smallest absolute Gasteiger partial charge is 0.340 e. The molecule has 1 amide bonds. The standard InChI is InChI=1S/C12H14F2N2O3/c1-6(5-15)11(17)16-10-3-7(12(18)19-2)8(13)4-9(10)14/h3-4,6H,5,15H2,1-2H3,(H,16,17). The van der Waals surface area contributed by atoms with Crippen LogP contribution in [0.4, 0.5) is 14.5 Å². The lowest BCUT2D eigenvalue weighted by Gasteiger charge is -2.12. The summed E-state index contributed by atoms with van der Waals surface area (Å²) in [5.74, 6) is -4.06. The van der Waals surface area contributed by atoms with Gasteiger partial charge in [0, 0.05) is 18.5 Å². The van der Waals surface area contributed by atoms with Crippen molar-refractivity contribution in [1.82, 2.24) is 0 Å². The molecule has 19 heavy (non-hydrogen) atoms. The molecule has 0 radical (unpaired) electrons. The summed E-state index contributed by atoms with van der Waals surface area (Å²) < 4.78 is 31.2. The van der Waals surface area contributed by atoms with Gasteiger partial charge < -0.3 is 15.8 Å². The van der Waals surface area contributed by atoms with Crippen LogP contribution in [0.1, 0.15) is 17.3 Å². The second-order valence-corrected chi connectivity index (χ2v) is 3.93. The van der Waals surface area contributed by atoms with Gasteiger partial charge in [-0.05, 0) is 6.07 Å². The minimum absolute atomic E-state index is 0.0819. The van der Waals surface area contributed by atoms with E-state index in [1.165, 1.54) is 0 Å². The molecule has 0 saturated carbocycles. The minimum Gasteiger partial charge on any atom is -0.465 e. The van der Waals surface area contributed by atoms with Gasteiger partial charge in [0.2, 0.25) is 5.91 Å². The van der Waals surface area contributed by atoms with Crippen molar-refractivity contribution in [3.63, 3.8) is 0 Å². The number of amides is 1. The molecule has 1 aromatic carbocycles. The van der Waals surface area contributed by atoms with Crippen LogP contribution in [0.15, 0.2) is 12.1 Å². The molecule has 1 rings (SSSR count). The Morgan fingerprint density at radius 1 is 1.37 bits per heavy atom. The number of halogens is 2. The number of hydrogen-bond acceptors (Lipinski definition) is 4. The van der Waals surface area contributed by atoms with E-state index in [2.05, 4.69) is 10.1 Å². The Morgan fingerprint density at radius 3 is 2.53 bits per heavy atom. The number of carbonyl (C=O) groups excluding carboxylic acids is 2. The number of nitrogens with one attached hydrogen (secondary N) is 1. The third-order valence-electron chi connectivity index (χ3n) is 2.52. The average Bonchev–Trinajstić information content (AvgIpc) is 2.39. The van der Waals surface area contributed by atoms with Crippen LogP contribution in [0.3, 0.4) is 0 Å². The van der Waals surface area contributed by atoms with Crippen LogP contribution in [0, 0.1) is 17.6 Å². The lowest BCUT2D eigenvalue weighted by molar-refractivity contribution is -0.119. The Morgan fingerprint density at radius 2 is 2.00 bits per heavy atom. The molecule has 0 heterocycles. The number of carbonyl (C=O) groups is 2. The molecule has 0 aliphatic heterocycles. The monoisotopic (exact) mass is 272 g/mol. The molecule has 1 unspecified atom stereocenters. The van der Waals surface area contributed by atoms with Gasteiger partial charge in [0.15, 0.2) is 0 Å². The maximum atomic E-state index is 13.5. The molecule has 0 spiro atoms. The predicted octanol–water partition coefficient (Wildman–Crippen LogP) is 1.28. The number of rotatable bonds is 4. The Kier molecular flexibility index (Phi) is 4.94. The quantitative estimate of drug-likeness (QED) is 0.809. The van der Waals surface area contributed by atoms with E-state index in [-0.39, 0.29) is 12.2 Å². The normalized spacial score (nSPS) is 11.8. The first-order chi connectivity index (χ1) is 8.90. The third kappa shape index (κ3) is 3.47. The van der Waals surface area contributed by atoms with Gasteiger partial charge >= 0.3 is 5.97 Å². The highest BCUT2D eigenvalue weighted by molar-refractivity contribution is 5.95. The van der Waals surface area contributed by atoms with E-state index in [0.29, 0.717) is 6.07 Å². The van der Waals surface area contributed by atoms with Crippen molar-refractivity contribution >= 4 is 17.6 Å². The fourth-order valence-corrected chi connectivity index (χ4v) is 1.27. The van der Waals surface area contributed by atoms with Crippen molar-refractivity contribution in [3.8, 4) is 0 Å². The number of anilines is 1. The average molecular weight is 272 g/mol. The van der Waals surface area contributed by atoms with Crippen molar-refractivity contribution < 1.29 is 23.1 Å². The van der Waals surface area contributed by atoms with Gasteiger partial charge in [-0.3, -0.25) is 4.79 Å². The van der Waals surface area contributed by atoms with Crippen molar-refractivity contribution in [3.05, 3.63) is 29.3 Å². The Labute approximate surface area is 108 Å². The lowest BCUT2D eigenvalue weighted by atomic mass is 10.1. The van der Waals surface area contributed by atoms with Crippen molar-refractivity contribution in [2.24, 2.45) is 11.7 Å². The van der Waals surface area contributed by atoms with Crippen LogP contribution in [0.2, 0.25) is 0 Å². The molecule has 3 N–H and O–H groups in total. The second kappa shape index (κ2) is 6.24. The first-order valence-corrected chi connectivity index (χ1v) is 5.49. The van der Waals surface area contributed by atoms with Crippen LogP contribution in [-0.2, 0) is 9.53 Å². The summed E-state index contributed by atoms with van der Waals surface area (Å²) in [6.07, 6.45) is 0. The summed E-state index contributed by atoms with van der Waals surface area (Å²) in [7, 11) is 1.07. The largest absolute Gasteiger partial charge is 0.465 e. The number of nitrogens with two attached hydrogens (primary N) is 1. The van der Waals surface area contributed by atoms with E-state index in [9.17, 15) is 18.4 Å². The molecule has 104 valence electrons. The summed E-state index contributed by atoms with van der Waals surface area (Å²) in [5.41, 5.74) is 4.54. The van der Waals surface area contributed by atoms with Crippen LogP contribution >= 0.6 is 0 Å². The minimum atomic E-state index is -1.06. The molecule has 0 aromatic heterocycles. The van der Waals surface area contributed by atoms with Gasteiger partial charge in [-0.15, -0.1) is 0 Å². The summed E-state index contributed by atoms with van der Waals surface area (Å²) >= 11 is 0. The van der Waals surface area contributed by atoms with Crippen LogP contribution in [0.25, 0.3) is 0 Å². The van der Waals surface area contributed by atoms with E-state index < -0.39 is 35.0 Å². The molecular weight excluding hydrogens is 258 g/mol. The first kappa shape index (κ1) is 15.0. The molecule has 0 saturated heterocycles. The zero-order chi connectivity index (χ0) is 14.6. The van der Waals surface area contributed by atoms with Crippen LogP contribution in [-0.4, -0.2) is 25.5 Å². The van der Waals surface area contributed by atoms with Crippen molar-refractivity contribution in [2.45, 2.75) is 6.92 Å². The van der Waals surface area contributed by atoms with Gasteiger partial charge in [0.1, 0.15) is 11.6 Å². The molecule has 0 bridgehead atoms. The molecule has 5 nitrogen and oxygen atoms in total. The fraction of sp³-hybridized carbons (Fsp3) is 0.333. The fourth-order valence-electron chi connectivity index (χ4n) is 1.27. The first-order valence-electron chi connectivity index (χ1n) is 5.49. The van der Waals surface area contributed by atoms with E-state index in [4.69, 9.17) is 5.73 Å². The second-order valence-electron chi connectivity index (χ2n) is 3.93. The maximum Gasteiger partial charge on any atom is 0.340 e. The topological polar surface area (TPSA) is 81.4 Å². The van der Waals surface area contributed by atoms with E-state index >= 15 is 0 Å². The molecular formula is C12H14F2N2O3. The zero-order valence-electron chi connectivity index (χ0n) is 10.5. The van der Waals surface area contributed by atoms with Gasteiger partial charge in [-0.1, -0.05) is 6.92 Å². The number of hydrogen-bond donors (Lipinski definition) is 2. The molecule has 1 aromatic rings.